The standard InChI is InChI=1S/C17H21N3O4/c1-10(14(21)19-16(23)20-17(2,3)4)24-15(22)13-9-11-7-5-6-8-12(11)18-13/h5-10,18H,1-4H3,(H2,19,20,21,23)/t10-/m1/s1. The van der Waals surface area contributed by atoms with Gasteiger partial charge in [-0.2, -0.15) is 0 Å². The molecule has 0 radical (unpaired) electrons. The van der Waals surface area contributed by atoms with Gasteiger partial charge in [0.25, 0.3) is 5.91 Å². The summed E-state index contributed by atoms with van der Waals surface area (Å²) >= 11 is 0. The molecule has 0 saturated heterocycles. The molecule has 0 aliphatic rings. The highest BCUT2D eigenvalue weighted by Gasteiger charge is 2.23. The molecule has 7 heteroatoms. The number of hydrogen-bond acceptors (Lipinski definition) is 4. The van der Waals surface area contributed by atoms with E-state index in [1.807, 2.05) is 24.3 Å². The summed E-state index contributed by atoms with van der Waals surface area (Å²) < 4.78 is 5.10. The van der Waals surface area contributed by atoms with Crippen LogP contribution in [0.15, 0.2) is 30.3 Å². The predicted octanol–water partition coefficient (Wildman–Crippen LogP) is 2.34. The lowest BCUT2D eigenvalue weighted by Crippen LogP contribution is -2.50. The zero-order chi connectivity index (χ0) is 17.9. The van der Waals surface area contributed by atoms with Crippen molar-refractivity contribution in [1.82, 2.24) is 15.6 Å². The number of esters is 1. The van der Waals surface area contributed by atoms with E-state index in [0.717, 1.165) is 10.9 Å². The van der Waals surface area contributed by atoms with Gasteiger partial charge in [0, 0.05) is 16.4 Å². The van der Waals surface area contributed by atoms with Gasteiger partial charge in [-0.1, -0.05) is 18.2 Å². The van der Waals surface area contributed by atoms with E-state index in [9.17, 15) is 14.4 Å². The number of amides is 3. The number of hydrogen-bond donors (Lipinski definition) is 3. The molecule has 24 heavy (non-hydrogen) atoms. The smallest absolute Gasteiger partial charge is 0.355 e. The summed E-state index contributed by atoms with van der Waals surface area (Å²) in [6.45, 7) is 6.77. The number of fused-ring (bicyclic) bond motifs is 1. The predicted molar refractivity (Wildman–Crippen MR) is 89.6 cm³/mol. The third-order valence-corrected chi connectivity index (χ3v) is 3.13. The van der Waals surface area contributed by atoms with Crippen LogP contribution in [0.3, 0.4) is 0 Å². The summed E-state index contributed by atoms with van der Waals surface area (Å²) in [5.41, 5.74) is 0.565. The summed E-state index contributed by atoms with van der Waals surface area (Å²) in [4.78, 5) is 38.6. The second kappa shape index (κ2) is 6.74. The van der Waals surface area contributed by atoms with Gasteiger partial charge in [-0.15, -0.1) is 0 Å². The fourth-order valence-electron chi connectivity index (χ4n) is 2.05. The Morgan fingerprint density at radius 1 is 1.17 bits per heavy atom. The van der Waals surface area contributed by atoms with Gasteiger partial charge in [-0.25, -0.2) is 9.59 Å². The molecule has 0 saturated carbocycles. The molecule has 0 fully saturated rings. The highest BCUT2D eigenvalue weighted by molar-refractivity contribution is 5.99. The van der Waals surface area contributed by atoms with Gasteiger partial charge >= 0.3 is 12.0 Å². The van der Waals surface area contributed by atoms with Crippen LogP contribution in [-0.2, 0) is 9.53 Å². The minimum Gasteiger partial charge on any atom is -0.448 e. The normalized spacial score (nSPS) is 12.5. The fraction of sp³-hybridized carbons (Fsp3) is 0.353. The minimum absolute atomic E-state index is 0.245. The number of carbonyl (C=O) groups is 3. The Balaban J connectivity index is 1.95. The van der Waals surface area contributed by atoms with Crippen LogP contribution in [0.2, 0.25) is 0 Å². The van der Waals surface area contributed by atoms with Crippen LogP contribution >= 0.6 is 0 Å². The van der Waals surface area contributed by atoms with Crippen LogP contribution in [0, 0.1) is 0 Å². The number of urea groups is 1. The van der Waals surface area contributed by atoms with Crippen LogP contribution in [0.4, 0.5) is 4.79 Å². The number of ether oxygens (including phenoxy) is 1. The first-order valence-electron chi connectivity index (χ1n) is 7.57. The van der Waals surface area contributed by atoms with Gasteiger partial charge in [-0.05, 0) is 39.8 Å². The van der Waals surface area contributed by atoms with E-state index < -0.39 is 29.6 Å². The highest BCUT2D eigenvalue weighted by atomic mass is 16.5. The molecular weight excluding hydrogens is 310 g/mol. The average molecular weight is 331 g/mol. The number of benzene rings is 1. The van der Waals surface area contributed by atoms with Gasteiger partial charge < -0.3 is 15.0 Å². The van der Waals surface area contributed by atoms with Crippen molar-refractivity contribution >= 4 is 28.8 Å². The lowest BCUT2D eigenvalue weighted by atomic mass is 10.1. The Morgan fingerprint density at radius 2 is 1.83 bits per heavy atom. The van der Waals surface area contributed by atoms with Crippen molar-refractivity contribution in [3.05, 3.63) is 36.0 Å². The Kier molecular flexibility index (Phi) is 4.92. The molecule has 0 aliphatic carbocycles. The maximum Gasteiger partial charge on any atom is 0.355 e. The first-order valence-corrected chi connectivity index (χ1v) is 7.57. The summed E-state index contributed by atoms with van der Waals surface area (Å²) in [7, 11) is 0. The van der Waals surface area contributed by atoms with Crippen molar-refractivity contribution in [1.29, 1.82) is 0 Å². The summed E-state index contributed by atoms with van der Waals surface area (Å²) in [6, 6.07) is 8.40. The summed E-state index contributed by atoms with van der Waals surface area (Å²) in [5.74, 6) is -1.36. The molecule has 0 spiro atoms. The van der Waals surface area contributed by atoms with Gasteiger partial charge in [0.05, 0.1) is 0 Å². The van der Waals surface area contributed by atoms with Crippen molar-refractivity contribution < 1.29 is 19.1 Å². The van der Waals surface area contributed by atoms with E-state index >= 15 is 0 Å². The summed E-state index contributed by atoms with van der Waals surface area (Å²) in [6.07, 6.45) is -1.10. The van der Waals surface area contributed by atoms with Crippen molar-refractivity contribution in [3.8, 4) is 0 Å². The highest BCUT2D eigenvalue weighted by Crippen LogP contribution is 2.15. The third-order valence-electron chi connectivity index (χ3n) is 3.13. The van der Waals surface area contributed by atoms with Gasteiger partial charge in [0.1, 0.15) is 5.69 Å². The molecule has 0 aliphatic heterocycles. The number of aromatic nitrogens is 1. The maximum atomic E-state index is 12.1. The van der Waals surface area contributed by atoms with Gasteiger partial charge in [-0.3, -0.25) is 10.1 Å². The Morgan fingerprint density at radius 3 is 2.46 bits per heavy atom. The van der Waals surface area contributed by atoms with Crippen molar-refractivity contribution in [2.45, 2.75) is 39.3 Å². The number of aromatic amines is 1. The molecule has 7 nitrogen and oxygen atoms in total. The van der Waals surface area contributed by atoms with Gasteiger partial charge in [0.15, 0.2) is 6.10 Å². The number of carbonyl (C=O) groups excluding carboxylic acids is 3. The van der Waals surface area contributed by atoms with Crippen molar-refractivity contribution in [2.24, 2.45) is 0 Å². The Labute approximate surface area is 139 Å². The number of nitrogens with one attached hydrogen (secondary N) is 3. The zero-order valence-corrected chi connectivity index (χ0v) is 14.1. The molecule has 1 aromatic heterocycles. The molecule has 1 atom stereocenters. The van der Waals surface area contributed by atoms with Crippen LogP contribution < -0.4 is 10.6 Å². The first kappa shape index (κ1) is 17.5. The van der Waals surface area contributed by atoms with Crippen LogP contribution in [-0.4, -0.2) is 34.5 Å². The SMILES string of the molecule is C[C@@H](OC(=O)c1cc2ccccc2[nH]1)C(=O)NC(=O)NC(C)(C)C. The second-order valence-corrected chi connectivity index (χ2v) is 6.51. The topological polar surface area (TPSA) is 100 Å². The molecule has 2 rings (SSSR count). The monoisotopic (exact) mass is 331 g/mol. The molecule has 1 aromatic carbocycles. The number of imide groups is 1. The molecule has 3 amide bonds. The van der Waals surface area contributed by atoms with Crippen LogP contribution in [0.1, 0.15) is 38.2 Å². The third kappa shape index (κ3) is 4.58. The second-order valence-electron chi connectivity index (χ2n) is 6.51. The van der Waals surface area contributed by atoms with Crippen LogP contribution in [0.25, 0.3) is 10.9 Å². The molecule has 128 valence electrons. The van der Waals surface area contributed by atoms with E-state index in [2.05, 4.69) is 15.6 Å². The quantitative estimate of drug-likeness (QED) is 0.752. The number of rotatable bonds is 3. The zero-order valence-electron chi connectivity index (χ0n) is 14.1. The maximum absolute atomic E-state index is 12.1. The average Bonchev–Trinajstić information content (AvgIpc) is 2.88. The van der Waals surface area contributed by atoms with E-state index in [1.54, 1.807) is 26.8 Å². The van der Waals surface area contributed by atoms with Gasteiger partial charge in [0.2, 0.25) is 0 Å². The van der Waals surface area contributed by atoms with Crippen molar-refractivity contribution in [2.75, 3.05) is 0 Å². The largest absolute Gasteiger partial charge is 0.448 e. The van der Waals surface area contributed by atoms with E-state index in [0.29, 0.717) is 0 Å². The number of H-pyrrole nitrogens is 1. The molecule has 0 bridgehead atoms. The minimum atomic E-state index is -1.10. The van der Waals surface area contributed by atoms with E-state index in [4.69, 9.17) is 4.74 Å². The fourth-order valence-corrected chi connectivity index (χ4v) is 2.05. The molecule has 3 N–H and O–H groups in total. The molecule has 2 aromatic rings. The summed E-state index contributed by atoms with van der Waals surface area (Å²) in [5, 5.41) is 5.60. The lowest BCUT2D eigenvalue weighted by molar-refractivity contribution is -0.127. The molecule has 1 heterocycles. The molecule has 0 unspecified atom stereocenters. The van der Waals surface area contributed by atoms with E-state index in [1.165, 1.54) is 6.92 Å². The lowest BCUT2D eigenvalue weighted by Gasteiger charge is -2.21. The Bertz CT molecular complexity index is 740. The van der Waals surface area contributed by atoms with E-state index in [-0.39, 0.29) is 5.69 Å². The molecular formula is C17H21N3O4. The Hall–Kier alpha value is -2.83. The first-order chi connectivity index (χ1) is 11.2. The van der Waals surface area contributed by atoms with Crippen LogP contribution in [0.5, 0.6) is 0 Å². The number of para-hydroxylation sites is 1. The van der Waals surface area contributed by atoms with Crippen molar-refractivity contribution in [3.63, 3.8) is 0 Å².